The minimum Gasteiger partial charge on any atom is -0.359 e. The molecule has 0 saturated carbocycles. The molecular weight excluding hydrogens is 262 g/mol. The molecule has 20 heavy (non-hydrogen) atoms. The second-order valence-corrected chi connectivity index (χ2v) is 6.22. The number of hydrogen-bond donors (Lipinski definition) is 1. The summed E-state index contributed by atoms with van der Waals surface area (Å²) in [5.74, 6) is 0. The highest BCUT2D eigenvalue weighted by Crippen LogP contribution is 2.23. The number of benzene rings is 2. The summed E-state index contributed by atoms with van der Waals surface area (Å²) in [6, 6.07) is 21.1. The number of aromatic nitrogens is 1. The number of fused-ring (bicyclic) bond motifs is 2. The van der Waals surface area contributed by atoms with Gasteiger partial charge >= 0.3 is 0 Å². The van der Waals surface area contributed by atoms with Gasteiger partial charge in [-0.25, -0.2) is 0 Å². The first-order valence-electron chi connectivity index (χ1n) is 6.72. The average molecular weight is 279 g/mol. The van der Waals surface area contributed by atoms with Gasteiger partial charge in [0.2, 0.25) is 0 Å². The number of hydrogen-bond acceptors (Lipinski definition) is 1. The van der Waals surface area contributed by atoms with Crippen LogP contribution in [0.5, 0.6) is 0 Å². The highest BCUT2D eigenvalue weighted by atomic mass is 32.1. The maximum atomic E-state index is 3.26. The Morgan fingerprint density at radius 1 is 0.800 bits per heavy atom. The molecule has 2 aromatic heterocycles. The van der Waals surface area contributed by atoms with E-state index in [4.69, 9.17) is 0 Å². The standard InChI is InChI=1S/C9H9N.C9H8S/c2*1-7-6-8-4-2-3-5-9(8)10-7/h2-6,10H,1H3;2-6H,1H3. The largest absolute Gasteiger partial charge is 0.359 e. The Morgan fingerprint density at radius 3 is 2.25 bits per heavy atom. The molecule has 0 fully saturated rings. The van der Waals surface area contributed by atoms with E-state index >= 15 is 0 Å². The highest BCUT2D eigenvalue weighted by Gasteiger charge is 1.94. The van der Waals surface area contributed by atoms with Gasteiger partial charge in [-0.3, -0.25) is 0 Å². The van der Waals surface area contributed by atoms with E-state index in [-0.39, 0.29) is 0 Å². The molecule has 0 bridgehead atoms. The first-order chi connectivity index (χ1) is 9.72. The van der Waals surface area contributed by atoms with Gasteiger partial charge in [0.15, 0.2) is 0 Å². The Kier molecular flexibility index (Phi) is 3.57. The molecule has 2 heterocycles. The number of thiophene rings is 1. The van der Waals surface area contributed by atoms with E-state index in [1.54, 1.807) is 0 Å². The first-order valence-corrected chi connectivity index (χ1v) is 7.53. The van der Waals surface area contributed by atoms with Gasteiger partial charge in [-0.15, -0.1) is 11.3 Å². The Morgan fingerprint density at radius 2 is 1.50 bits per heavy atom. The molecule has 0 unspecified atom stereocenters. The zero-order chi connectivity index (χ0) is 13.9. The van der Waals surface area contributed by atoms with Gasteiger partial charge in [-0.05, 0) is 48.9 Å². The summed E-state index contributed by atoms with van der Waals surface area (Å²) in [7, 11) is 0. The summed E-state index contributed by atoms with van der Waals surface area (Å²) in [6.45, 7) is 4.21. The molecule has 1 N–H and O–H groups in total. The molecule has 0 aliphatic carbocycles. The van der Waals surface area contributed by atoms with Gasteiger partial charge in [-0.2, -0.15) is 0 Å². The van der Waals surface area contributed by atoms with Crippen LogP contribution >= 0.6 is 11.3 Å². The van der Waals surface area contributed by atoms with E-state index in [1.165, 1.54) is 31.6 Å². The smallest absolute Gasteiger partial charge is 0.0455 e. The minimum atomic E-state index is 1.22. The Bertz CT molecular complexity index is 701. The van der Waals surface area contributed by atoms with E-state index < -0.39 is 0 Å². The number of para-hydroxylation sites is 1. The minimum absolute atomic E-state index is 1.22. The molecule has 0 atom stereocenters. The molecule has 2 heteroatoms. The van der Waals surface area contributed by atoms with Crippen molar-refractivity contribution in [1.29, 1.82) is 0 Å². The van der Waals surface area contributed by atoms with E-state index in [0.29, 0.717) is 0 Å². The van der Waals surface area contributed by atoms with Crippen molar-refractivity contribution in [2.45, 2.75) is 13.8 Å². The molecule has 0 amide bonds. The summed E-state index contributed by atoms with van der Waals surface area (Å²) in [4.78, 5) is 4.65. The van der Waals surface area contributed by atoms with Crippen LogP contribution in [0.3, 0.4) is 0 Å². The number of rotatable bonds is 0. The van der Waals surface area contributed by atoms with Crippen LogP contribution in [0.25, 0.3) is 21.0 Å². The van der Waals surface area contributed by atoms with Crippen LogP contribution in [-0.2, 0) is 0 Å². The second-order valence-electron chi connectivity index (χ2n) is 4.93. The number of aryl methyl sites for hydroxylation is 2. The molecule has 0 aliphatic rings. The number of H-pyrrole nitrogens is 1. The lowest BCUT2D eigenvalue weighted by Crippen LogP contribution is -1.65. The van der Waals surface area contributed by atoms with Crippen molar-refractivity contribution < 1.29 is 0 Å². The van der Waals surface area contributed by atoms with Crippen molar-refractivity contribution in [1.82, 2.24) is 4.98 Å². The SMILES string of the molecule is Cc1cc2ccccc2[nH]1.Cc1cc2ccccc2s1. The summed E-state index contributed by atoms with van der Waals surface area (Å²) in [5.41, 5.74) is 2.45. The number of nitrogens with one attached hydrogen (secondary N) is 1. The zero-order valence-corrected chi connectivity index (χ0v) is 12.5. The summed E-state index contributed by atoms with van der Waals surface area (Å²) >= 11 is 1.85. The summed E-state index contributed by atoms with van der Waals surface area (Å²) in [6.07, 6.45) is 0. The summed E-state index contributed by atoms with van der Waals surface area (Å²) in [5, 5.41) is 2.66. The third kappa shape index (κ3) is 2.75. The maximum Gasteiger partial charge on any atom is 0.0455 e. The third-order valence-electron chi connectivity index (χ3n) is 3.21. The Labute approximate surface area is 122 Å². The van der Waals surface area contributed by atoms with Crippen molar-refractivity contribution in [3.63, 3.8) is 0 Å². The molecule has 2 aromatic carbocycles. The Hall–Kier alpha value is -2.06. The molecule has 4 aromatic rings. The van der Waals surface area contributed by atoms with E-state index in [1.807, 2.05) is 17.4 Å². The third-order valence-corrected chi connectivity index (χ3v) is 4.24. The molecule has 0 saturated heterocycles. The predicted octanol–water partition coefficient (Wildman–Crippen LogP) is 5.69. The van der Waals surface area contributed by atoms with Gasteiger partial charge in [0.25, 0.3) is 0 Å². The second kappa shape index (κ2) is 5.51. The van der Waals surface area contributed by atoms with Gasteiger partial charge in [0.1, 0.15) is 0 Å². The van der Waals surface area contributed by atoms with Crippen LogP contribution in [0.4, 0.5) is 0 Å². The van der Waals surface area contributed by atoms with Crippen molar-refractivity contribution in [2.75, 3.05) is 0 Å². The fourth-order valence-corrected chi connectivity index (χ4v) is 3.26. The van der Waals surface area contributed by atoms with Crippen LogP contribution in [0.1, 0.15) is 10.6 Å². The normalized spacial score (nSPS) is 10.5. The van der Waals surface area contributed by atoms with E-state index in [9.17, 15) is 0 Å². The average Bonchev–Trinajstić information content (AvgIpc) is 2.99. The van der Waals surface area contributed by atoms with Crippen molar-refractivity contribution in [3.8, 4) is 0 Å². The first kappa shape index (κ1) is 12.9. The highest BCUT2D eigenvalue weighted by molar-refractivity contribution is 7.19. The molecule has 4 rings (SSSR count). The molecule has 0 spiro atoms. The van der Waals surface area contributed by atoms with Gasteiger partial charge < -0.3 is 4.98 Å². The van der Waals surface area contributed by atoms with Crippen LogP contribution < -0.4 is 0 Å². The van der Waals surface area contributed by atoms with Crippen molar-refractivity contribution in [2.24, 2.45) is 0 Å². The fourth-order valence-electron chi connectivity index (χ4n) is 2.33. The molecular formula is C18H17NS. The van der Waals surface area contributed by atoms with Crippen molar-refractivity contribution in [3.05, 3.63) is 71.2 Å². The molecule has 0 radical (unpaired) electrons. The molecule has 0 aliphatic heterocycles. The lowest BCUT2D eigenvalue weighted by molar-refractivity contribution is 1.30. The molecule has 1 nitrogen and oxygen atoms in total. The van der Waals surface area contributed by atoms with Crippen LogP contribution in [-0.4, -0.2) is 4.98 Å². The maximum absolute atomic E-state index is 3.26. The topological polar surface area (TPSA) is 15.8 Å². The van der Waals surface area contributed by atoms with Crippen LogP contribution in [0, 0.1) is 13.8 Å². The van der Waals surface area contributed by atoms with Crippen LogP contribution in [0.2, 0.25) is 0 Å². The summed E-state index contributed by atoms with van der Waals surface area (Å²) < 4.78 is 1.39. The fraction of sp³-hybridized carbons (Fsp3) is 0.111. The number of aromatic amines is 1. The van der Waals surface area contributed by atoms with E-state index in [2.05, 4.69) is 73.4 Å². The zero-order valence-electron chi connectivity index (χ0n) is 11.7. The van der Waals surface area contributed by atoms with Gasteiger partial charge in [-0.1, -0.05) is 36.4 Å². The van der Waals surface area contributed by atoms with Crippen molar-refractivity contribution >= 4 is 32.3 Å². The molecule has 100 valence electrons. The Balaban J connectivity index is 0.000000121. The van der Waals surface area contributed by atoms with E-state index in [0.717, 1.165) is 0 Å². The monoisotopic (exact) mass is 279 g/mol. The lowest BCUT2D eigenvalue weighted by Gasteiger charge is -1.83. The quantitative estimate of drug-likeness (QED) is 0.426. The van der Waals surface area contributed by atoms with Gasteiger partial charge in [0.05, 0.1) is 0 Å². The predicted molar refractivity (Wildman–Crippen MR) is 89.6 cm³/mol. The van der Waals surface area contributed by atoms with Crippen LogP contribution in [0.15, 0.2) is 60.7 Å². The van der Waals surface area contributed by atoms with Gasteiger partial charge in [0, 0.05) is 20.8 Å². The lowest BCUT2D eigenvalue weighted by atomic mass is 10.2.